The molecule has 1 fully saturated rings. The summed E-state index contributed by atoms with van der Waals surface area (Å²) < 4.78 is 54.7. The van der Waals surface area contributed by atoms with Gasteiger partial charge in [0.05, 0.1) is 12.6 Å². The highest BCUT2D eigenvalue weighted by Crippen LogP contribution is 2.31. The number of hydrogen-bond donors (Lipinski definition) is 2. The van der Waals surface area contributed by atoms with Crippen LogP contribution in [0.5, 0.6) is 6.08 Å². The summed E-state index contributed by atoms with van der Waals surface area (Å²) in [5.41, 5.74) is 0.808. The van der Waals surface area contributed by atoms with Crippen molar-refractivity contribution in [1.29, 1.82) is 0 Å². The van der Waals surface area contributed by atoms with Gasteiger partial charge in [-0.1, -0.05) is 35.4 Å². The van der Waals surface area contributed by atoms with E-state index in [1.807, 2.05) is 18.2 Å². The standard InChI is InChI=1S/C19H21F3N4O7/c20-19(21,22)32-9-8-30-17-25-24-15(33-17)14-7-6-13(10-26(14)18(28)29)23-16(27)31-11-12-4-2-1-3-5-12/h1-5,13-14H,6-11H2,(H,23,27)(H,28,29)/t13-,14?/m0/s1. The normalized spacial score (nSPS) is 18.6. The summed E-state index contributed by atoms with van der Waals surface area (Å²) in [6, 6.07) is 7.76. The van der Waals surface area contributed by atoms with Crippen molar-refractivity contribution in [2.45, 2.75) is 37.9 Å². The molecule has 2 aromatic rings. The molecular formula is C19H21F3N4O7. The van der Waals surface area contributed by atoms with Crippen LogP contribution < -0.4 is 10.1 Å². The van der Waals surface area contributed by atoms with Crippen molar-refractivity contribution in [3.63, 3.8) is 0 Å². The molecule has 2 heterocycles. The third-order valence-electron chi connectivity index (χ3n) is 4.64. The lowest BCUT2D eigenvalue weighted by atomic mass is 9.98. The number of carboxylic acid groups (broad SMARTS) is 1. The second-order valence-electron chi connectivity index (χ2n) is 6.98. The fraction of sp³-hybridized carbons (Fsp3) is 0.474. The Morgan fingerprint density at radius 2 is 1.94 bits per heavy atom. The van der Waals surface area contributed by atoms with Gasteiger partial charge in [0.2, 0.25) is 5.89 Å². The molecule has 0 spiro atoms. The van der Waals surface area contributed by atoms with Gasteiger partial charge in [-0.15, -0.1) is 18.3 Å². The molecular weight excluding hydrogens is 453 g/mol. The average molecular weight is 474 g/mol. The van der Waals surface area contributed by atoms with E-state index in [-0.39, 0.29) is 25.5 Å². The number of piperidine rings is 1. The minimum Gasteiger partial charge on any atom is -0.465 e. The van der Waals surface area contributed by atoms with Crippen LogP contribution >= 0.6 is 0 Å². The number of alkyl carbamates (subject to hydrolysis) is 1. The molecule has 180 valence electrons. The Bertz CT molecular complexity index is 926. The summed E-state index contributed by atoms with van der Waals surface area (Å²) in [7, 11) is 0. The first kappa shape index (κ1) is 24.1. The van der Waals surface area contributed by atoms with Crippen LogP contribution in [0.15, 0.2) is 34.7 Å². The number of halogens is 3. The lowest BCUT2D eigenvalue weighted by Crippen LogP contribution is -2.50. The molecule has 2 amide bonds. The largest absolute Gasteiger partial charge is 0.522 e. The Balaban J connectivity index is 1.50. The predicted octanol–water partition coefficient (Wildman–Crippen LogP) is 3.09. The summed E-state index contributed by atoms with van der Waals surface area (Å²) >= 11 is 0. The number of aromatic nitrogens is 2. The summed E-state index contributed by atoms with van der Waals surface area (Å²) in [5, 5.41) is 19.5. The van der Waals surface area contributed by atoms with Gasteiger partial charge in [0.25, 0.3) is 0 Å². The van der Waals surface area contributed by atoms with Gasteiger partial charge >= 0.3 is 24.6 Å². The molecule has 2 N–H and O–H groups in total. The first-order valence-corrected chi connectivity index (χ1v) is 9.85. The van der Waals surface area contributed by atoms with Gasteiger partial charge in [-0.2, -0.15) is 0 Å². The predicted molar refractivity (Wildman–Crippen MR) is 102 cm³/mol. The Morgan fingerprint density at radius 1 is 1.18 bits per heavy atom. The topological polar surface area (TPSA) is 136 Å². The molecule has 33 heavy (non-hydrogen) atoms. The maximum absolute atomic E-state index is 12.1. The number of carbonyl (C=O) groups excluding carboxylic acids is 1. The van der Waals surface area contributed by atoms with E-state index >= 15 is 0 Å². The average Bonchev–Trinajstić information content (AvgIpc) is 3.24. The zero-order chi connectivity index (χ0) is 23.8. The molecule has 14 heteroatoms. The fourth-order valence-corrected chi connectivity index (χ4v) is 3.19. The van der Waals surface area contributed by atoms with Gasteiger partial charge in [-0.3, -0.25) is 9.64 Å². The minimum atomic E-state index is -4.79. The zero-order valence-corrected chi connectivity index (χ0v) is 17.2. The van der Waals surface area contributed by atoms with E-state index in [9.17, 15) is 27.9 Å². The highest BCUT2D eigenvalue weighted by atomic mass is 19.4. The maximum Gasteiger partial charge on any atom is 0.522 e. The third-order valence-corrected chi connectivity index (χ3v) is 4.64. The quantitative estimate of drug-likeness (QED) is 0.553. The number of carbonyl (C=O) groups is 2. The molecule has 3 rings (SSSR count). The minimum absolute atomic E-state index is 0.0571. The molecule has 11 nitrogen and oxygen atoms in total. The molecule has 1 saturated heterocycles. The van der Waals surface area contributed by atoms with Crippen LogP contribution in [0, 0.1) is 0 Å². The van der Waals surface area contributed by atoms with Crippen LogP contribution in [0.4, 0.5) is 22.8 Å². The number of benzene rings is 1. The monoisotopic (exact) mass is 474 g/mol. The second-order valence-corrected chi connectivity index (χ2v) is 6.98. The molecule has 0 aliphatic carbocycles. The molecule has 0 radical (unpaired) electrons. The highest BCUT2D eigenvalue weighted by Gasteiger charge is 2.37. The van der Waals surface area contributed by atoms with Crippen LogP contribution in [-0.4, -0.2) is 64.6 Å². The molecule has 1 aliphatic rings. The number of nitrogens with one attached hydrogen (secondary N) is 1. The number of ether oxygens (including phenoxy) is 3. The van der Waals surface area contributed by atoms with Gasteiger partial charge < -0.3 is 24.3 Å². The van der Waals surface area contributed by atoms with Crippen molar-refractivity contribution in [1.82, 2.24) is 20.4 Å². The van der Waals surface area contributed by atoms with E-state index in [1.165, 1.54) is 0 Å². The van der Waals surface area contributed by atoms with Crippen molar-refractivity contribution < 1.29 is 46.5 Å². The van der Waals surface area contributed by atoms with Gasteiger partial charge in [-0.05, 0) is 18.4 Å². The zero-order valence-electron chi connectivity index (χ0n) is 17.2. The van der Waals surface area contributed by atoms with Gasteiger partial charge in [-0.25, -0.2) is 9.59 Å². The Hall–Kier alpha value is -3.55. The van der Waals surface area contributed by atoms with E-state index in [4.69, 9.17) is 13.9 Å². The number of nitrogens with zero attached hydrogens (tertiary/aromatic N) is 3. The first-order valence-electron chi connectivity index (χ1n) is 9.85. The molecule has 1 aliphatic heterocycles. The number of alkyl halides is 3. The number of rotatable bonds is 8. The molecule has 0 bridgehead atoms. The lowest BCUT2D eigenvalue weighted by molar-refractivity contribution is -0.325. The van der Waals surface area contributed by atoms with Crippen molar-refractivity contribution >= 4 is 12.2 Å². The Labute approximate surface area is 185 Å². The molecule has 1 unspecified atom stereocenters. The molecule has 2 atom stereocenters. The molecule has 0 saturated carbocycles. The number of likely N-dealkylation sites (tertiary alicyclic amines) is 1. The lowest BCUT2D eigenvalue weighted by Gasteiger charge is -2.36. The maximum atomic E-state index is 12.1. The number of amides is 2. The van der Waals surface area contributed by atoms with Crippen molar-refractivity contribution in [2.24, 2.45) is 0 Å². The van der Waals surface area contributed by atoms with E-state index in [0.29, 0.717) is 6.42 Å². The summed E-state index contributed by atoms with van der Waals surface area (Å²) in [6.45, 7) is -1.26. The smallest absolute Gasteiger partial charge is 0.465 e. The van der Waals surface area contributed by atoms with Gasteiger partial charge in [0.15, 0.2) is 0 Å². The number of hydrogen-bond acceptors (Lipinski definition) is 8. The SMILES string of the molecule is O=C(N[C@H]1CCC(c2nnc(OCCOC(F)(F)F)o2)N(C(=O)O)C1)OCc1ccccc1. The fourth-order valence-electron chi connectivity index (χ4n) is 3.19. The summed E-state index contributed by atoms with van der Waals surface area (Å²) in [4.78, 5) is 24.8. The highest BCUT2D eigenvalue weighted by molar-refractivity contribution is 5.68. The summed E-state index contributed by atoms with van der Waals surface area (Å²) in [6.07, 6.45) is -6.51. The van der Waals surface area contributed by atoms with Crippen molar-refractivity contribution in [2.75, 3.05) is 19.8 Å². The first-order chi connectivity index (χ1) is 15.7. The van der Waals surface area contributed by atoms with E-state index in [0.717, 1.165) is 10.5 Å². The Kier molecular flexibility index (Phi) is 7.92. The van der Waals surface area contributed by atoms with Crippen LogP contribution in [-0.2, 0) is 16.1 Å². The van der Waals surface area contributed by atoms with Crippen LogP contribution in [0.25, 0.3) is 0 Å². The van der Waals surface area contributed by atoms with Crippen molar-refractivity contribution in [3.05, 3.63) is 41.8 Å². The molecule has 1 aromatic heterocycles. The van der Waals surface area contributed by atoms with Gasteiger partial charge in [0, 0.05) is 6.54 Å². The summed E-state index contributed by atoms with van der Waals surface area (Å²) in [5.74, 6) is -0.0748. The van der Waals surface area contributed by atoms with Gasteiger partial charge in [0.1, 0.15) is 19.3 Å². The Morgan fingerprint density at radius 3 is 2.64 bits per heavy atom. The molecule has 1 aromatic carbocycles. The van der Waals surface area contributed by atoms with Crippen molar-refractivity contribution in [3.8, 4) is 6.08 Å². The third kappa shape index (κ3) is 7.52. The second kappa shape index (κ2) is 10.8. The van der Waals surface area contributed by atoms with E-state index < -0.39 is 49.9 Å². The van der Waals surface area contributed by atoms with Crippen LogP contribution in [0.2, 0.25) is 0 Å². The van der Waals surface area contributed by atoms with E-state index in [2.05, 4.69) is 20.3 Å². The van der Waals surface area contributed by atoms with E-state index in [1.54, 1.807) is 12.1 Å². The van der Waals surface area contributed by atoms with Crippen LogP contribution in [0.3, 0.4) is 0 Å². The van der Waals surface area contributed by atoms with Crippen LogP contribution in [0.1, 0.15) is 30.3 Å².